The number of hydrazone groups is 1. The van der Waals surface area contributed by atoms with Crippen LogP contribution in [0, 0.1) is 10.1 Å². The summed E-state index contributed by atoms with van der Waals surface area (Å²) in [5.74, 6) is 0.804. The van der Waals surface area contributed by atoms with Crippen molar-refractivity contribution >= 4 is 28.6 Å². The van der Waals surface area contributed by atoms with Crippen LogP contribution in [0.15, 0.2) is 84.1 Å². The van der Waals surface area contributed by atoms with Gasteiger partial charge >= 0.3 is 0 Å². The molecule has 0 fully saturated rings. The Kier molecular flexibility index (Phi) is 6.21. The molecule has 4 rings (SSSR count). The number of pyridine rings is 1. The van der Waals surface area contributed by atoms with E-state index in [-0.39, 0.29) is 11.6 Å². The third-order valence-electron chi connectivity index (χ3n) is 4.73. The second-order valence-corrected chi connectivity index (χ2v) is 6.88. The predicted octanol–water partition coefficient (Wildman–Crippen LogP) is 4.71. The number of nitro groups is 1. The summed E-state index contributed by atoms with van der Waals surface area (Å²) >= 11 is 0. The van der Waals surface area contributed by atoms with Gasteiger partial charge in [-0.15, -0.1) is 0 Å². The minimum absolute atomic E-state index is 0.114. The van der Waals surface area contributed by atoms with E-state index in [1.807, 2.05) is 30.3 Å². The van der Waals surface area contributed by atoms with Crippen molar-refractivity contribution < 1.29 is 19.2 Å². The zero-order valence-electron chi connectivity index (χ0n) is 17.5. The van der Waals surface area contributed by atoms with Gasteiger partial charge in [-0.2, -0.15) is 5.10 Å². The van der Waals surface area contributed by atoms with Gasteiger partial charge in [0.1, 0.15) is 17.7 Å². The van der Waals surface area contributed by atoms with E-state index in [9.17, 15) is 14.9 Å². The second kappa shape index (κ2) is 9.56. The Morgan fingerprint density at radius 3 is 2.42 bits per heavy atom. The van der Waals surface area contributed by atoms with Gasteiger partial charge in [0.15, 0.2) is 0 Å². The molecule has 0 saturated heterocycles. The topological polar surface area (TPSA) is 116 Å². The number of hydrogen-bond donors (Lipinski definition) is 1. The summed E-state index contributed by atoms with van der Waals surface area (Å²) in [4.78, 5) is 26.7. The number of hydrogen-bond acceptors (Lipinski definition) is 7. The summed E-state index contributed by atoms with van der Waals surface area (Å²) in [7, 11) is 1.51. The van der Waals surface area contributed by atoms with Gasteiger partial charge in [-0.05, 0) is 52.7 Å². The third kappa shape index (κ3) is 5.10. The maximum absolute atomic E-state index is 12.6. The average molecular weight is 442 g/mol. The summed E-state index contributed by atoms with van der Waals surface area (Å²) in [5.41, 5.74) is 3.51. The normalized spacial score (nSPS) is 10.8. The predicted molar refractivity (Wildman–Crippen MR) is 123 cm³/mol. The molecule has 9 nitrogen and oxygen atoms in total. The lowest BCUT2D eigenvalue weighted by atomic mass is 10.1. The van der Waals surface area contributed by atoms with Crippen LogP contribution in [-0.2, 0) is 0 Å². The van der Waals surface area contributed by atoms with E-state index in [1.54, 1.807) is 30.3 Å². The highest BCUT2D eigenvalue weighted by atomic mass is 16.6. The molecule has 164 valence electrons. The minimum Gasteiger partial charge on any atom is -0.496 e. The van der Waals surface area contributed by atoms with Crippen molar-refractivity contribution in [1.29, 1.82) is 0 Å². The molecule has 0 aliphatic heterocycles. The van der Waals surface area contributed by atoms with Crippen LogP contribution in [0.1, 0.15) is 15.9 Å². The van der Waals surface area contributed by atoms with Crippen molar-refractivity contribution in [3.8, 4) is 17.4 Å². The van der Waals surface area contributed by atoms with Gasteiger partial charge in [0.25, 0.3) is 11.6 Å². The summed E-state index contributed by atoms with van der Waals surface area (Å²) in [6.45, 7) is 0. The quantitative estimate of drug-likeness (QED) is 0.252. The first kappa shape index (κ1) is 21.4. The van der Waals surface area contributed by atoms with Crippen molar-refractivity contribution in [2.75, 3.05) is 7.11 Å². The van der Waals surface area contributed by atoms with Crippen LogP contribution in [0.5, 0.6) is 17.4 Å². The molecule has 1 N–H and O–H groups in total. The molecule has 9 heteroatoms. The number of fused-ring (bicyclic) bond motifs is 1. The minimum atomic E-state index is -0.528. The zero-order valence-corrected chi connectivity index (χ0v) is 17.5. The van der Waals surface area contributed by atoms with Gasteiger partial charge in [-0.25, -0.2) is 10.4 Å². The molecule has 1 amide bonds. The molecule has 0 radical (unpaired) electrons. The average Bonchev–Trinajstić information content (AvgIpc) is 2.84. The molecular weight excluding hydrogens is 424 g/mol. The molecule has 1 heterocycles. The number of aromatic nitrogens is 1. The fourth-order valence-electron chi connectivity index (χ4n) is 3.07. The van der Waals surface area contributed by atoms with Crippen LogP contribution < -0.4 is 14.9 Å². The van der Waals surface area contributed by atoms with Crippen LogP contribution in [0.4, 0.5) is 5.69 Å². The smallest absolute Gasteiger partial charge is 0.287 e. The Morgan fingerprint density at radius 2 is 1.79 bits per heavy atom. The van der Waals surface area contributed by atoms with Gasteiger partial charge in [0.2, 0.25) is 5.88 Å². The molecule has 1 aromatic heterocycles. The Hall–Kier alpha value is -4.79. The van der Waals surface area contributed by atoms with Crippen molar-refractivity contribution in [2.45, 2.75) is 0 Å². The van der Waals surface area contributed by atoms with Crippen LogP contribution in [0.2, 0.25) is 0 Å². The molecule has 3 aromatic carbocycles. The van der Waals surface area contributed by atoms with Crippen LogP contribution >= 0.6 is 0 Å². The Bertz CT molecular complexity index is 1340. The molecule has 0 aliphatic carbocycles. The molecule has 0 aliphatic rings. The SMILES string of the molecule is COc1cc2ccccc2cc1C(=O)N/N=C\c1ccc(Oc2ccc([N+](=O)[O-])cn2)cc1. The molecule has 33 heavy (non-hydrogen) atoms. The van der Waals surface area contributed by atoms with Crippen molar-refractivity contribution in [2.24, 2.45) is 5.10 Å². The van der Waals surface area contributed by atoms with E-state index in [2.05, 4.69) is 15.5 Å². The lowest BCUT2D eigenvalue weighted by molar-refractivity contribution is -0.385. The monoisotopic (exact) mass is 442 g/mol. The van der Waals surface area contributed by atoms with E-state index in [0.717, 1.165) is 22.5 Å². The lowest BCUT2D eigenvalue weighted by Gasteiger charge is -2.09. The number of carbonyl (C=O) groups is 1. The van der Waals surface area contributed by atoms with E-state index in [0.29, 0.717) is 17.1 Å². The molecule has 4 aromatic rings. The molecule has 0 bridgehead atoms. The standard InChI is InChI=1S/C24H18N4O5/c1-32-22-13-18-5-3-2-4-17(18)12-21(22)24(29)27-26-14-16-6-9-20(10-7-16)33-23-11-8-19(15-25-23)28(30)31/h2-15H,1H3,(H,27,29)/b26-14-. The summed E-state index contributed by atoms with van der Waals surface area (Å²) in [6.07, 6.45) is 2.63. The lowest BCUT2D eigenvalue weighted by Crippen LogP contribution is -2.18. The van der Waals surface area contributed by atoms with E-state index >= 15 is 0 Å². The van der Waals surface area contributed by atoms with Crippen molar-refractivity contribution in [3.63, 3.8) is 0 Å². The number of ether oxygens (including phenoxy) is 2. The first-order valence-electron chi connectivity index (χ1n) is 9.82. The van der Waals surface area contributed by atoms with Crippen molar-refractivity contribution in [1.82, 2.24) is 10.4 Å². The van der Waals surface area contributed by atoms with Crippen LogP contribution in [0.25, 0.3) is 10.8 Å². The number of nitrogens with one attached hydrogen (secondary N) is 1. The highest BCUT2D eigenvalue weighted by Gasteiger charge is 2.13. The van der Waals surface area contributed by atoms with Gasteiger partial charge in [-0.3, -0.25) is 14.9 Å². The first-order valence-corrected chi connectivity index (χ1v) is 9.82. The molecule has 0 saturated carbocycles. The van der Waals surface area contributed by atoms with Crippen molar-refractivity contribution in [3.05, 3.63) is 100 Å². The Morgan fingerprint density at radius 1 is 1.06 bits per heavy atom. The first-order chi connectivity index (χ1) is 16.0. The Balaban J connectivity index is 1.40. The third-order valence-corrected chi connectivity index (χ3v) is 4.73. The van der Waals surface area contributed by atoms with Gasteiger partial charge < -0.3 is 9.47 Å². The fraction of sp³-hybridized carbons (Fsp3) is 0.0417. The summed E-state index contributed by atoms with van der Waals surface area (Å²) in [6, 6.07) is 20.9. The summed E-state index contributed by atoms with van der Waals surface area (Å²) < 4.78 is 10.9. The van der Waals surface area contributed by atoms with Gasteiger partial charge in [-0.1, -0.05) is 24.3 Å². The number of benzene rings is 3. The molecule has 0 atom stereocenters. The second-order valence-electron chi connectivity index (χ2n) is 6.88. The van der Waals surface area contributed by atoms with Gasteiger partial charge in [0, 0.05) is 12.1 Å². The van der Waals surface area contributed by atoms with E-state index in [4.69, 9.17) is 9.47 Å². The molecule has 0 spiro atoms. The number of carbonyl (C=O) groups excluding carboxylic acids is 1. The molecular formula is C24H18N4O5. The highest BCUT2D eigenvalue weighted by Crippen LogP contribution is 2.26. The van der Waals surface area contributed by atoms with Crippen LogP contribution in [0.3, 0.4) is 0 Å². The van der Waals surface area contributed by atoms with E-state index in [1.165, 1.54) is 25.5 Å². The number of amides is 1. The Labute approximate surface area is 188 Å². The number of methoxy groups -OCH3 is 1. The molecule has 0 unspecified atom stereocenters. The fourth-order valence-corrected chi connectivity index (χ4v) is 3.07. The maximum atomic E-state index is 12.6. The summed E-state index contributed by atoms with van der Waals surface area (Å²) in [5, 5.41) is 16.6. The zero-order chi connectivity index (χ0) is 23.2. The van der Waals surface area contributed by atoms with Gasteiger partial charge in [0.05, 0.1) is 23.8 Å². The van der Waals surface area contributed by atoms with Crippen LogP contribution in [-0.4, -0.2) is 29.1 Å². The number of rotatable bonds is 7. The highest BCUT2D eigenvalue weighted by molar-refractivity contribution is 6.01. The number of nitrogens with zero attached hydrogens (tertiary/aromatic N) is 3. The largest absolute Gasteiger partial charge is 0.496 e. The maximum Gasteiger partial charge on any atom is 0.287 e. The van der Waals surface area contributed by atoms with E-state index < -0.39 is 10.8 Å².